The Labute approximate surface area is 227 Å². The SMILES string of the molecule is FC(F)(F)c1cc(Nc2nc(Nc3ccn4ccnc4c3)nc(N3CCCCCCC3)n2)cc(-n2cncn2)c1. The Hall–Kier alpha value is -4.75. The number of alkyl halides is 3. The molecule has 2 N–H and O–H groups in total. The Bertz CT molecular complexity index is 1590. The summed E-state index contributed by atoms with van der Waals surface area (Å²) >= 11 is 0. The fourth-order valence-electron chi connectivity index (χ4n) is 4.63. The Morgan fingerprint density at radius 2 is 1.55 bits per heavy atom. The number of pyridine rings is 1. The van der Waals surface area contributed by atoms with Crippen molar-refractivity contribution in [3.05, 3.63) is 67.1 Å². The lowest BCUT2D eigenvalue weighted by Gasteiger charge is -2.25. The van der Waals surface area contributed by atoms with Crippen molar-refractivity contribution in [2.45, 2.75) is 38.3 Å². The van der Waals surface area contributed by atoms with Crippen molar-refractivity contribution in [2.75, 3.05) is 28.6 Å². The number of halogens is 3. The van der Waals surface area contributed by atoms with E-state index in [1.807, 2.05) is 28.9 Å². The van der Waals surface area contributed by atoms with E-state index >= 15 is 0 Å². The zero-order chi connectivity index (χ0) is 27.5. The van der Waals surface area contributed by atoms with Crippen molar-refractivity contribution in [3.63, 3.8) is 0 Å². The van der Waals surface area contributed by atoms with Crippen LogP contribution in [0.1, 0.15) is 37.7 Å². The van der Waals surface area contributed by atoms with E-state index in [0.29, 0.717) is 11.6 Å². The zero-order valence-electron chi connectivity index (χ0n) is 21.4. The van der Waals surface area contributed by atoms with E-state index in [2.05, 4.69) is 45.6 Å². The molecule has 0 unspecified atom stereocenters. The van der Waals surface area contributed by atoms with Crippen LogP contribution in [0.2, 0.25) is 0 Å². The number of rotatable bonds is 6. The van der Waals surface area contributed by atoms with Crippen molar-refractivity contribution in [3.8, 4) is 5.69 Å². The van der Waals surface area contributed by atoms with Gasteiger partial charge in [0.1, 0.15) is 18.3 Å². The van der Waals surface area contributed by atoms with Crippen LogP contribution in [0.5, 0.6) is 0 Å². The topological polar surface area (TPSA) is 114 Å². The van der Waals surface area contributed by atoms with Crippen LogP contribution in [0.15, 0.2) is 61.6 Å². The predicted octanol–water partition coefficient (Wildman–Crippen LogP) is 5.38. The lowest BCUT2D eigenvalue weighted by Crippen LogP contribution is -2.29. The number of imidazole rings is 1. The van der Waals surface area contributed by atoms with E-state index in [1.165, 1.54) is 29.8 Å². The summed E-state index contributed by atoms with van der Waals surface area (Å²) in [5, 5.41) is 10.1. The first kappa shape index (κ1) is 25.5. The Kier molecular flexibility index (Phi) is 6.88. The monoisotopic (exact) mass is 549 g/mol. The van der Waals surface area contributed by atoms with Crippen molar-refractivity contribution in [1.29, 1.82) is 0 Å². The molecule has 1 fully saturated rings. The van der Waals surface area contributed by atoms with E-state index < -0.39 is 11.7 Å². The van der Waals surface area contributed by atoms with E-state index in [0.717, 1.165) is 56.6 Å². The van der Waals surface area contributed by atoms with Gasteiger partial charge in [-0.3, -0.25) is 0 Å². The van der Waals surface area contributed by atoms with Crippen molar-refractivity contribution in [1.82, 2.24) is 39.1 Å². The first-order valence-corrected chi connectivity index (χ1v) is 13.0. The molecule has 1 aliphatic rings. The summed E-state index contributed by atoms with van der Waals surface area (Å²) < 4.78 is 44.4. The highest BCUT2D eigenvalue weighted by molar-refractivity contribution is 5.64. The number of nitrogens with zero attached hydrogens (tertiary/aromatic N) is 9. The maximum Gasteiger partial charge on any atom is 0.416 e. The molecule has 1 aliphatic heterocycles. The maximum atomic E-state index is 13.8. The van der Waals surface area contributed by atoms with Gasteiger partial charge in [0.15, 0.2) is 0 Å². The van der Waals surface area contributed by atoms with Crippen LogP contribution in [-0.2, 0) is 6.18 Å². The third-order valence-corrected chi connectivity index (χ3v) is 6.60. The van der Waals surface area contributed by atoms with Crippen LogP contribution < -0.4 is 15.5 Å². The van der Waals surface area contributed by atoms with E-state index in [1.54, 1.807) is 6.20 Å². The summed E-state index contributed by atoms with van der Waals surface area (Å²) in [5.41, 5.74) is 0.953. The van der Waals surface area contributed by atoms with Gasteiger partial charge in [0.05, 0.1) is 11.3 Å². The van der Waals surface area contributed by atoms with Gasteiger partial charge in [-0.25, -0.2) is 14.6 Å². The molecule has 0 radical (unpaired) electrons. The molecular weight excluding hydrogens is 523 g/mol. The number of fused-ring (bicyclic) bond motifs is 1. The summed E-state index contributed by atoms with van der Waals surface area (Å²) in [6, 6.07) is 7.27. The smallest absolute Gasteiger partial charge is 0.341 e. The molecule has 206 valence electrons. The molecule has 14 heteroatoms. The zero-order valence-corrected chi connectivity index (χ0v) is 21.4. The average Bonchev–Trinajstić information content (AvgIpc) is 3.60. The Morgan fingerprint density at radius 1 is 0.800 bits per heavy atom. The van der Waals surface area contributed by atoms with Crippen molar-refractivity contribution < 1.29 is 13.2 Å². The molecule has 1 saturated heterocycles. The summed E-state index contributed by atoms with van der Waals surface area (Å²) in [5.74, 6) is 0.821. The first-order chi connectivity index (χ1) is 19.4. The molecule has 6 rings (SSSR count). The second kappa shape index (κ2) is 10.8. The minimum atomic E-state index is -4.57. The van der Waals surface area contributed by atoms with Crippen LogP contribution in [0.4, 0.5) is 42.4 Å². The molecule has 0 aliphatic carbocycles. The molecule has 0 bridgehead atoms. The molecule has 11 nitrogen and oxygen atoms in total. The lowest BCUT2D eigenvalue weighted by molar-refractivity contribution is -0.137. The average molecular weight is 550 g/mol. The molecule has 5 aromatic rings. The van der Waals surface area contributed by atoms with Crippen molar-refractivity contribution in [2.24, 2.45) is 0 Å². The van der Waals surface area contributed by atoms with Gasteiger partial charge in [-0.2, -0.15) is 33.2 Å². The van der Waals surface area contributed by atoms with Gasteiger partial charge in [0.25, 0.3) is 0 Å². The fraction of sp³-hybridized carbons (Fsp3) is 0.308. The summed E-state index contributed by atoms with van der Waals surface area (Å²) in [7, 11) is 0. The largest absolute Gasteiger partial charge is 0.416 e. The van der Waals surface area contributed by atoms with Crippen LogP contribution in [-0.4, -0.2) is 52.2 Å². The van der Waals surface area contributed by atoms with Gasteiger partial charge < -0.3 is 19.9 Å². The van der Waals surface area contributed by atoms with Gasteiger partial charge in [-0.15, -0.1) is 0 Å². The molecule has 0 amide bonds. The fourth-order valence-corrected chi connectivity index (χ4v) is 4.63. The molecule has 4 aromatic heterocycles. The normalized spacial score (nSPS) is 14.6. The quantitative estimate of drug-likeness (QED) is 0.288. The van der Waals surface area contributed by atoms with Gasteiger partial charge in [0.2, 0.25) is 17.8 Å². The third kappa shape index (κ3) is 5.80. The van der Waals surface area contributed by atoms with Gasteiger partial charge >= 0.3 is 6.18 Å². The molecule has 0 spiro atoms. The number of nitrogens with one attached hydrogen (secondary N) is 2. The summed E-state index contributed by atoms with van der Waals surface area (Å²) in [6.07, 6.45) is 8.87. The number of benzene rings is 1. The first-order valence-electron chi connectivity index (χ1n) is 13.0. The summed E-state index contributed by atoms with van der Waals surface area (Å²) in [6.45, 7) is 1.56. The highest BCUT2D eigenvalue weighted by Gasteiger charge is 2.31. The third-order valence-electron chi connectivity index (χ3n) is 6.60. The van der Waals surface area contributed by atoms with Gasteiger partial charge in [-0.1, -0.05) is 19.3 Å². The number of hydrogen-bond donors (Lipinski definition) is 2. The molecule has 5 heterocycles. The van der Waals surface area contributed by atoms with Crippen LogP contribution in [0.3, 0.4) is 0 Å². The highest BCUT2D eigenvalue weighted by atomic mass is 19.4. The second-order valence-electron chi connectivity index (χ2n) is 9.50. The van der Waals surface area contributed by atoms with E-state index in [-0.39, 0.29) is 23.3 Å². The molecular formula is C26H26F3N11. The van der Waals surface area contributed by atoms with E-state index in [9.17, 15) is 13.2 Å². The highest BCUT2D eigenvalue weighted by Crippen LogP contribution is 2.33. The number of hydrogen-bond acceptors (Lipinski definition) is 9. The standard InChI is InChI=1S/C26H26F3N11/c27-26(28,29)18-12-20(14-21(13-18)40-17-30-16-32-40)34-24-35-23(33-19-6-10-38-11-7-31-22(38)15-19)36-25(37-24)39-8-4-2-1-3-5-9-39/h6-7,10-17H,1-5,8-9H2,(H2,33,34,35,36,37). The summed E-state index contributed by atoms with van der Waals surface area (Å²) in [4.78, 5) is 24.0. The van der Waals surface area contributed by atoms with E-state index in [4.69, 9.17) is 0 Å². The minimum Gasteiger partial charge on any atom is -0.341 e. The minimum absolute atomic E-state index is 0.111. The van der Waals surface area contributed by atoms with Crippen molar-refractivity contribution >= 4 is 34.9 Å². The van der Waals surface area contributed by atoms with Crippen LogP contribution in [0, 0.1) is 0 Å². The van der Waals surface area contributed by atoms with Crippen LogP contribution >= 0.6 is 0 Å². The number of aromatic nitrogens is 8. The Morgan fingerprint density at radius 3 is 2.27 bits per heavy atom. The van der Waals surface area contributed by atoms with Gasteiger partial charge in [0, 0.05) is 49.1 Å². The molecule has 40 heavy (non-hydrogen) atoms. The maximum absolute atomic E-state index is 13.8. The molecule has 1 aromatic carbocycles. The molecule has 0 saturated carbocycles. The second-order valence-corrected chi connectivity index (χ2v) is 9.50. The lowest BCUT2D eigenvalue weighted by atomic mass is 10.1. The van der Waals surface area contributed by atoms with Crippen LogP contribution in [0.25, 0.3) is 11.3 Å². The number of anilines is 5. The Balaban J connectivity index is 1.37. The predicted molar refractivity (Wildman–Crippen MR) is 143 cm³/mol. The van der Waals surface area contributed by atoms with Gasteiger partial charge in [-0.05, 0) is 37.1 Å². The molecule has 0 atom stereocenters.